The number of carboxylic acid groups (broad SMARTS) is 1. The van der Waals surface area contributed by atoms with Crippen molar-refractivity contribution in [3.05, 3.63) is 29.6 Å². The molecule has 0 aliphatic rings. The molecular weight excluding hydrogens is 258 g/mol. The van der Waals surface area contributed by atoms with Gasteiger partial charge in [-0.05, 0) is 31.9 Å². The van der Waals surface area contributed by atoms with Gasteiger partial charge in [0.25, 0.3) is 0 Å². The van der Waals surface area contributed by atoms with Crippen molar-refractivity contribution in [3.63, 3.8) is 0 Å². The van der Waals surface area contributed by atoms with Crippen molar-refractivity contribution < 1.29 is 14.7 Å². The third-order valence-electron chi connectivity index (χ3n) is 2.83. The Morgan fingerprint density at radius 1 is 1.40 bits per heavy atom. The highest BCUT2D eigenvalue weighted by Gasteiger charge is 2.23. The molecule has 0 unspecified atom stereocenters. The van der Waals surface area contributed by atoms with Gasteiger partial charge in [-0.15, -0.1) is 0 Å². The number of hydrogen-bond donors (Lipinski definition) is 3. The first-order valence-electron chi connectivity index (χ1n) is 6.54. The lowest BCUT2D eigenvalue weighted by Gasteiger charge is -2.24. The lowest BCUT2D eigenvalue weighted by Crippen LogP contribution is -2.49. The van der Waals surface area contributed by atoms with Gasteiger partial charge in [-0.1, -0.05) is 13.0 Å². The lowest BCUT2D eigenvalue weighted by molar-refractivity contribution is -0.138. The molecule has 0 spiro atoms. The van der Waals surface area contributed by atoms with E-state index < -0.39 is 17.5 Å². The van der Waals surface area contributed by atoms with Crippen LogP contribution >= 0.6 is 0 Å². The standard InChI is InChI=1S/C14H21N3O3/c1-4-10-6-5-7-15-11(10)9-16-13(20)17-14(2,3)8-12(18)19/h5-7H,4,8-9H2,1-3H3,(H,18,19)(H2,16,17,20). The minimum absolute atomic E-state index is 0.135. The van der Waals surface area contributed by atoms with Crippen LogP contribution < -0.4 is 10.6 Å². The van der Waals surface area contributed by atoms with E-state index in [1.165, 1.54) is 0 Å². The van der Waals surface area contributed by atoms with Gasteiger partial charge in [0.2, 0.25) is 0 Å². The lowest BCUT2D eigenvalue weighted by atomic mass is 10.0. The van der Waals surface area contributed by atoms with E-state index in [1.54, 1.807) is 20.0 Å². The molecule has 3 N–H and O–H groups in total. The first-order chi connectivity index (χ1) is 9.34. The molecule has 1 aromatic heterocycles. The highest BCUT2D eigenvalue weighted by atomic mass is 16.4. The number of rotatable bonds is 6. The molecule has 0 atom stereocenters. The van der Waals surface area contributed by atoms with Gasteiger partial charge in [0.15, 0.2) is 0 Å². The van der Waals surface area contributed by atoms with Crippen LogP contribution in [0.4, 0.5) is 4.79 Å². The molecule has 0 aromatic carbocycles. The molecule has 0 saturated heterocycles. The fourth-order valence-electron chi connectivity index (χ4n) is 1.89. The van der Waals surface area contributed by atoms with Gasteiger partial charge in [-0.2, -0.15) is 0 Å². The third kappa shape index (κ3) is 5.26. The molecule has 1 heterocycles. The molecule has 0 fully saturated rings. The Labute approximate surface area is 118 Å². The van der Waals surface area contributed by atoms with Crippen molar-refractivity contribution in [2.75, 3.05) is 0 Å². The maximum Gasteiger partial charge on any atom is 0.315 e. The maximum absolute atomic E-state index is 11.8. The van der Waals surface area contributed by atoms with E-state index in [0.717, 1.165) is 17.7 Å². The van der Waals surface area contributed by atoms with Gasteiger partial charge >= 0.3 is 12.0 Å². The summed E-state index contributed by atoms with van der Waals surface area (Å²) in [5.74, 6) is -0.951. The van der Waals surface area contributed by atoms with E-state index in [2.05, 4.69) is 15.6 Å². The summed E-state index contributed by atoms with van der Waals surface area (Å²) < 4.78 is 0. The van der Waals surface area contributed by atoms with E-state index in [9.17, 15) is 9.59 Å². The third-order valence-corrected chi connectivity index (χ3v) is 2.83. The predicted molar refractivity (Wildman–Crippen MR) is 75.3 cm³/mol. The minimum atomic E-state index is -0.951. The molecule has 2 amide bonds. The van der Waals surface area contributed by atoms with E-state index >= 15 is 0 Å². The number of carbonyl (C=O) groups is 2. The quantitative estimate of drug-likeness (QED) is 0.739. The molecule has 1 aromatic rings. The first-order valence-corrected chi connectivity index (χ1v) is 6.54. The largest absolute Gasteiger partial charge is 0.481 e. The number of nitrogens with one attached hydrogen (secondary N) is 2. The van der Waals surface area contributed by atoms with Gasteiger partial charge in [0, 0.05) is 11.7 Å². The summed E-state index contributed by atoms with van der Waals surface area (Å²) in [6, 6.07) is 3.43. The van der Waals surface area contributed by atoms with Crippen LogP contribution in [0.15, 0.2) is 18.3 Å². The molecule has 20 heavy (non-hydrogen) atoms. The summed E-state index contributed by atoms with van der Waals surface area (Å²) >= 11 is 0. The predicted octanol–water partition coefficient (Wildman–Crippen LogP) is 1.70. The number of carbonyl (C=O) groups excluding carboxylic acids is 1. The number of aliphatic carboxylic acids is 1. The fraction of sp³-hybridized carbons (Fsp3) is 0.500. The molecule has 6 nitrogen and oxygen atoms in total. The molecule has 0 aliphatic heterocycles. The normalized spacial score (nSPS) is 10.9. The molecule has 0 aliphatic carbocycles. The van der Waals surface area contributed by atoms with Crippen molar-refractivity contribution in [3.8, 4) is 0 Å². The van der Waals surface area contributed by atoms with Crippen molar-refractivity contribution in [1.29, 1.82) is 0 Å². The zero-order valence-corrected chi connectivity index (χ0v) is 12.1. The molecular formula is C14H21N3O3. The summed E-state index contributed by atoms with van der Waals surface area (Å²) in [4.78, 5) is 26.7. The van der Waals surface area contributed by atoms with E-state index in [4.69, 9.17) is 5.11 Å². The summed E-state index contributed by atoms with van der Waals surface area (Å²) in [7, 11) is 0. The SMILES string of the molecule is CCc1cccnc1CNC(=O)NC(C)(C)CC(=O)O. The Bertz CT molecular complexity index is 486. The van der Waals surface area contributed by atoms with Crippen LogP contribution in [0.2, 0.25) is 0 Å². The second-order valence-electron chi connectivity index (χ2n) is 5.22. The van der Waals surface area contributed by atoms with Gasteiger partial charge in [0.05, 0.1) is 18.7 Å². The highest BCUT2D eigenvalue weighted by Crippen LogP contribution is 2.08. The maximum atomic E-state index is 11.8. The molecule has 0 radical (unpaired) electrons. The smallest absolute Gasteiger partial charge is 0.315 e. The Morgan fingerprint density at radius 2 is 2.10 bits per heavy atom. The highest BCUT2D eigenvalue weighted by molar-refractivity contribution is 5.76. The van der Waals surface area contributed by atoms with Crippen LogP contribution in [-0.4, -0.2) is 27.6 Å². The van der Waals surface area contributed by atoms with E-state index in [1.807, 2.05) is 19.1 Å². The van der Waals surface area contributed by atoms with Gasteiger partial charge in [-0.3, -0.25) is 9.78 Å². The van der Waals surface area contributed by atoms with Crippen LogP contribution in [0.1, 0.15) is 38.4 Å². The van der Waals surface area contributed by atoms with Gasteiger partial charge < -0.3 is 15.7 Å². The monoisotopic (exact) mass is 279 g/mol. The van der Waals surface area contributed by atoms with Crippen LogP contribution in [-0.2, 0) is 17.8 Å². The van der Waals surface area contributed by atoms with Crippen LogP contribution in [0.3, 0.4) is 0 Å². The van der Waals surface area contributed by atoms with Crippen molar-refractivity contribution in [2.45, 2.75) is 45.7 Å². The van der Waals surface area contributed by atoms with Gasteiger partial charge in [-0.25, -0.2) is 4.79 Å². The second-order valence-corrected chi connectivity index (χ2v) is 5.22. The van der Waals surface area contributed by atoms with Crippen LogP contribution in [0, 0.1) is 0 Å². The summed E-state index contributed by atoms with van der Waals surface area (Å²) in [6.45, 7) is 5.67. The summed E-state index contributed by atoms with van der Waals surface area (Å²) in [6.07, 6.45) is 2.39. The number of nitrogens with zero attached hydrogens (tertiary/aromatic N) is 1. The summed E-state index contributed by atoms with van der Waals surface area (Å²) in [5.41, 5.74) is 1.10. The van der Waals surface area contributed by atoms with E-state index in [-0.39, 0.29) is 6.42 Å². The molecule has 0 saturated carbocycles. The number of urea groups is 1. The summed E-state index contributed by atoms with van der Waals surface area (Å²) in [5, 5.41) is 14.1. The van der Waals surface area contributed by atoms with Crippen molar-refractivity contribution >= 4 is 12.0 Å². The first kappa shape index (κ1) is 15.9. The Hall–Kier alpha value is -2.11. The molecule has 0 bridgehead atoms. The second kappa shape index (κ2) is 6.88. The number of aryl methyl sites for hydroxylation is 1. The molecule has 1 rings (SSSR count). The number of amides is 2. The molecule has 110 valence electrons. The topological polar surface area (TPSA) is 91.3 Å². The number of pyridine rings is 1. The van der Waals surface area contributed by atoms with Crippen LogP contribution in [0.25, 0.3) is 0 Å². The molecule has 6 heteroatoms. The van der Waals surface area contributed by atoms with Gasteiger partial charge in [0.1, 0.15) is 0 Å². The van der Waals surface area contributed by atoms with E-state index in [0.29, 0.717) is 6.54 Å². The number of aromatic nitrogens is 1. The minimum Gasteiger partial charge on any atom is -0.481 e. The Balaban J connectivity index is 2.53. The average Bonchev–Trinajstić information content (AvgIpc) is 2.34. The zero-order valence-electron chi connectivity index (χ0n) is 12.1. The van der Waals surface area contributed by atoms with Crippen molar-refractivity contribution in [1.82, 2.24) is 15.6 Å². The fourth-order valence-corrected chi connectivity index (χ4v) is 1.89. The Morgan fingerprint density at radius 3 is 2.70 bits per heavy atom. The van der Waals surface area contributed by atoms with Crippen LogP contribution in [0.5, 0.6) is 0 Å². The Kier molecular flexibility index (Phi) is 5.49. The average molecular weight is 279 g/mol. The van der Waals surface area contributed by atoms with Crippen molar-refractivity contribution in [2.24, 2.45) is 0 Å². The number of hydrogen-bond acceptors (Lipinski definition) is 3. The number of carboxylic acids is 1. The zero-order chi connectivity index (χ0) is 15.2.